The highest BCUT2D eigenvalue weighted by Gasteiger charge is 2.24. The van der Waals surface area contributed by atoms with Crippen molar-refractivity contribution in [1.82, 2.24) is 9.80 Å². The van der Waals surface area contributed by atoms with Gasteiger partial charge in [-0.15, -0.1) is 0 Å². The third-order valence-corrected chi connectivity index (χ3v) is 6.53. The van der Waals surface area contributed by atoms with Crippen LogP contribution in [-0.2, 0) is 20.4 Å². The highest BCUT2D eigenvalue weighted by atomic mass is 32.2. The summed E-state index contributed by atoms with van der Waals surface area (Å²) in [6.07, 6.45) is 0. The Morgan fingerprint density at radius 3 is 2.28 bits per heavy atom. The number of hydrogen-bond donors (Lipinski definition) is 0. The number of piperazine rings is 1. The van der Waals surface area contributed by atoms with Gasteiger partial charge in [0.15, 0.2) is 0 Å². The molecule has 4 rings (SSSR count). The van der Waals surface area contributed by atoms with Crippen LogP contribution >= 0.6 is 0 Å². The number of rotatable bonds is 4. The van der Waals surface area contributed by atoms with E-state index in [4.69, 9.17) is 9.15 Å². The summed E-state index contributed by atoms with van der Waals surface area (Å²) in [4.78, 5) is 27.9. The number of amides is 2. The maximum absolute atomic E-state index is 12.8. The Morgan fingerprint density at radius 1 is 1.00 bits per heavy atom. The van der Waals surface area contributed by atoms with E-state index in [0.29, 0.717) is 42.4 Å². The molecule has 1 atom stereocenters. The van der Waals surface area contributed by atoms with E-state index in [-0.39, 0.29) is 17.6 Å². The molecular formula is C21H22N2O5S. The van der Waals surface area contributed by atoms with Crippen molar-refractivity contribution in [2.45, 2.75) is 11.8 Å². The summed E-state index contributed by atoms with van der Waals surface area (Å²) in [6, 6.07) is 10.9. The molecule has 0 aliphatic carbocycles. The fourth-order valence-corrected chi connectivity index (χ4v) is 4.60. The maximum Gasteiger partial charge on any atom is 0.235 e. The molecule has 29 heavy (non-hydrogen) atoms. The molecule has 2 heterocycles. The van der Waals surface area contributed by atoms with Gasteiger partial charge in [-0.05, 0) is 36.4 Å². The number of methoxy groups -OCH3 is 1. The van der Waals surface area contributed by atoms with Crippen LogP contribution in [0.1, 0.15) is 6.92 Å². The van der Waals surface area contributed by atoms with Crippen molar-refractivity contribution in [1.29, 1.82) is 0 Å². The zero-order chi connectivity index (χ0) is 20.5. The Morgan fingerprint density at radius 2 is 1.62 bits per heavy atom. The highest BCUT2D eigenvalue weighted by molar-refractivity contribution is 7.85. The van der Waals surface area contributed by atoms with Crippen LogP contribution in [0.25, 0.3) is 21.9 Å². The molecule has 1 aromatic heterocycles. The largest absolute Gasteiger partial charge is 0.497 e. The molecule has 3 aromatic rings. The first-order valence-electron chi connectivity index (χ1n) is 9.38. The molecule has 2 aromatic carbocycles. The van der Waals surface area contributed by atoms with Gasteiger partial charge in [-0.3, -0.25) is 13.8 Å². The highest BCUT2D eigenvalue weighted by Crippen LogP contribution is 2.32. The molecule has 0 bridgehead atoms. The van der Waals surface area contributed by atoms with Crippen LogP contribution in [0.5, 0.6) is 5.75 Å². The van der Waals surface area contributed by atoms with E-state index in [0.717, 1.165) is 16.4 Å². The number of hydrogen-bond acceptors (Lipinski definition) is 5. The summed E-state index contributed by atoms with van der Waals surface area (Å²) < 4.78 is 24.0. The van der Waals surface area contributed by atoms with E-state index in [1.165, 1.54) is 6.92 Å². The first-order valence-corrected chi connectivity index (χ1v) is 10.7. The predicted octanol–water partition coefficient (Wildman–Crippen LogP) is 2.39. The summed E-state index contributed by atoms with van der Waals surface area (Å²) in [6.45, 7) is 3.50. The van der Waals surface area contributed by atoms with Gasteiger partial charge in [-0.2, -0.15) is 0 Å². The number of furan rings is 1. The first-order chi connectivity index (χ1) is 14.0. The number of ether oxygens (including phenoxy) is 1. The Hall–Kier alpha value is -2.87. The Balaban J connectivity index is 1.52. The molecule has 8 heteroatoms. The standard InChI is InChI=1S/C21H22N2O5S/c1-14(24)22-7-9-23(10-8-22)21(25)13-29(26)16-4-6-20-18(12-16)17-11-15(27-2)3-5-19(17)28-20/h3-6,11-12H,7-10,13H2,1-2H3. The van der Waals surface area contributed by atoms with Gasteiger partial charge in [0.25, 0.3) is 0 Å². The smallest absolute Gasteiger partial charge is 0.235 e. The van der Waals surface area contributed by atoms with Gasteiger partial charge in [0.2, 0.25) is 11.8 Å². The van der Waals surface area contributed by atoms with Crippen LogP contribution in [0, 0.1) is 0 Å². The van der Waals surface area contributed by atoms with Crippen molar-refractivity contribution in [3.8, 4) is 5.75 Å². The quantitative estimate of drug-likeness (QED) is 0.655. The topological polar surface area (TPSA) is 80.1 Å². The van der Waals surface area contributed by atoms with E-state index >= 15 is 0 Å². The molecular weight excluding hydrogens is 392 g/mol. The third kappa shape index (κ3) is 3.85. The lowest BCUT2D eigenvalue weighted by molar-refractivity contribution is -0.136. The van der Waals surface area contributed by atoms with Gasteiger partial charge in [-0.25, -0.2) is 0 Å². The molecule has 1 aliphatic rings. The molecule has 7 nitrogen and oxygen atoms in total. The summed E-state index contributed by atoms with van der Waals surface area (Å²) in [7, 11) is 0.135. The van der Waals surface area contributed by atoms with E-state index in [1.54, 1.807) is 29.0 Å². The number of carbonyl (C=O) groups is 2. The number of benzene rings is 2. The fraction of sp³-hybridized carbons (Fsp3) is 0.333. The summed E-state index contributed by atoms with van der Waals surface area (Å²) in [5.74, 6) is 0.486. The van der Waals surface area contributed by atoms with E-state index in [1.807, 2.05) is 24.3 Å². The third-order valence-electron chi connectivity index (χ3n) is 5.24. The fourth-order valence-electron chi connectivity index (χ4n) is 3.56. The second-order valence-electron chi connectivity index (χ2n) is 7.00. The number of fused-ring (bicyclic) bond motifs is 3. The van der Waals surface area contributed by atoms with Crippen LogP contribution in [0.15, 0.2) is 45.7 Å². The lowest BCUT2D eigenvalue weighted by atomic mass is 10.1. The normalized spacial score (nSPS) is 15.7. The van der Waals surface area contributed by atoms with Crippen molar-refractivity contribution < 1.29 is 23.0 Å². The van der Waals surface area contributed by atoms with Crippen LogP contribution < -0.4 is 4.74 Å². The zero-order valence-corrected chi connectivity index (χ0v) is 17.2. The minimum atomic E-state index is -1.47. The van der Waals surface area contributed by atoms with Crippen LogP contribution in [-0.4, -0.2) is 64.9 Å². The minimum absolute atomic E-state index is 0.0120. The van der Waals surface area contributed by atoms with Gasteiger partial charge < -0.3 is 19.0 Å². The summed E-state index contributed by atoms with van der Waals surface area (Å²) >= 11 is 0. The lowest BCUT2D eigenvalue weighted by Crippen LogP contribution is -2.51. The van der Waals surface area contributed by atoms with Crippen LogP contribution in [0.3, 0.4) is 0 Å². The summed E-state index contributed by atoms with van der Waals surface area (Å²) in [5.41, 5.74) is 1.42. The first kappa shape index (κ1) is 19.4. The monoisotopic (exact) mass is 414 g/mol. The average molecular weight is 414 g/mol. The van der Waals surface area contributed by atoms with Gasteiger partial charge in [0.1, 0.15) is 22.7 Å². The maximum atomic E-state index is 12.8. The van der Waals surface area contributed by atoms with Crippen molar-refractivity contribution in [2.24, 2.45) is 0 Å². The average Bonchev–Trinajstić information content (AvgIpc) is 3.10. The molecule has 1 fully saturated rings. The molecule has 0 radical (unpaired) electrons. The van der Waals surface area contributed by atoms with Crippen LogP contribution in [0.2, 0.25) is 0 Å². The van der Waals surface area contributed by atoms with E-state index in [9.17, 15) is 13.8 Å². The van der Waals surface area contributed by atoms with Crippen LogP contribution in [0.4, 0.5) is 0 Å². The molecule has 1 unspecified atom stereocenters. The predicted molar refractivity (Wildman–Crippen MR) is 110 cm³/mol. The van der Waals surface area contributed by atoms with E-state index < -0.39 is 10.8 Å². The molecule has 0 N–H and O–H groups in total. The minimum Gasteiger partial charge on any atom is -0.497 e. The Kier molecular flexibility index (Phi) is 5.27. The van der Waals surface area contributed by atoms with Gasteiger partial charge in [0, 0.05) is 48.8 Å². The Labute approximate surface area is 170 Å². The molecule has 152 valence electrons. The SMILES string of the molecule is COc1ccc2oc3ccc(S(=O)CC(=O)N4CCN(C(C)=O)CC4)cc3c2c1. The number of nitrogens with zero attached hydrogens (tertiary/aromatic N) is 2. The van der Waals surface area contributed by atoms with Gasteiger partial charge >= 0.3 is 0 Å². The molecule has 2 amide bonds. The van der Waals surface area contributed by atoms with Crippen molar-refractivity contribution in [3.63, 3.8) is 0 Å². The second kappa shape index (κ2) is 7.87. The molecule has 1 saturated heterocycles. The molecule has 0 spiro atoms. The van der Waals surface area contributed by atoms with Crippen molar-refractivity contribution in [2.75, 3.05) is 39.0 Å². The number of carbonyl (C=O) groups excluding carboxylic acids is 2. The van der Waals surface area contributed by atoms with E-state index in [2.05, 4.69) is 0 Å². The Bertz CT molecular complexity index is 1110. The van der Waals surface area contributed by atoms with Gasteiger partial charge in [0.05, 0.1) is 17.9 Å². The van der Waals surface area contributed by atoms with Crippen molar-refractivity contribution >= 4 is 44.6 Å². The second-order valence-corrected chi connectivity index (χ2v) is 8.45. The molecule has 0 saturated carbocycles. The molecule has 1 aliphatic heterocycles. The van der Waals surface area contributed by atoms with Crippen molar-refractivity contribution in [3.05, 3.63) is 36.4 Å². The summed E-state index contributed by atoms with van der Waals surface area (Å²) in [5, 5.41) is 1.72. The lowest BCUT2D eigenvalue weighted by Gasteiger charge is -2.34. The van der Waals surface area contributed by atoms with Gasteiger partial charge in [-0.1, -0.05) is 0 Å². The zero-order valence-electron chi connectivity index (χ0n) is 16.3.